The summed E-state index contributed by atoms with van der Waals surface area (Å²) in [5.74, 6) is 0. The minimum absolute atomic E-state index is 0.497. The fraction of sp³-hybridized carbons (Fsp3) is 0.538. The predicted molar refractivity (Wildman–Crippen MR) is 70.8 cm³/mol. The first-order chi connectivity index (χ1) is 7.59. The van der Waals surface area contributed by atoms with Crippen LogP contribution in [0.15, 0.2) is 22.7 Å². The Morgan fingerprint density at radius 3 is 2.75 bits per heavy atom. The summed E-state index contributed by atoms with van der Waals surface area (Å²) < 4.78 is 1.06. The fourth-order valence-electron chi connectivity index (χ4n) is 2.24. The summed E-state index contributed by atoms with van der Waals surface area (Å²) in [7, 11) is 0. The van der Waals surface area contributed by atoms with E-state index in [1.54, 1.807) is 0 Å². The second-order valence-corrected chi connectivity index (χ2v) is 5.62. The molecule has 0 spiro atoms. The molecule has 1 aliphatic carbocycles. The highest BCUT2D eigenvalue weighted by Gasteiger charge is 2.30. The zero-order valence-electron chi connectivity index (χ0n) is 9.59. The van der Waals surface area contributed by atoms with Crippen LogP contribution < -0.4 is 5.32 Å². The maximum atomic E-state index is 10.2. The molecule has 16 heavy (non-hydrogen) atoms. The molecular weight excluding hydrogens is 266 g/mol. The first-order valence-corrected chi connectivity index (χ1v) is 6.61. The Bertz CT molecular complexity index is 372. The molecule has 0 aliphatic heterocycles. The molecule has 0 bridgehead atoms. The summed E-state index contributed by atoms with van der Waals surface area (Å²) in [4.78, 5) is 0. The summed E-state index contributed by atoms with van der Waals surface area (Å²) in [5.41, 5.74) is 1.80. The van der Waals surface area contributed by atoms with Gasteiger partial charge in [0.1, 0.15) is 0 Å². The number of anilines is 1. The number of halogens is 1. The van der Waals surface area contributed by atoms with Gasteiger partial charge in [-0.2, -0.15) is 0 Å². The van der Waals surface area contributed by atoms with Gasteiger partial charge in [0.05, 0.1) is 5.60 Å². The van der Waals surface area contributed by atoms with Gasteiger partial charge in [-0.1, -0.05) is 18.9 Å². The highest BCUT2D eigenvalue weighted by atomic mass is 79.9. The summed E-state index contributed by atoms with van der Waals surface area (Å²) in [6.45, 7) is 2.72. The van der Waals surface area contributed by atoms with Gasteiger partial charge in [-0.05, 0) is 53.4 Å². The molecule has 1 aromatic carbocycles. The van der Waals surface area contributed by atoms with Crippen LogP contribution in [0.1, 0.15) is 31.2 Å². The Kier molecular flexibility index (Phi) is 3.55. The van der Waals surface area contributed by atoms with Gasteiger partial charge in [-0.15, -0.1) is 0 Å². The third-order valence-electron chi connectivity index (χ3n) is 3.26. The van der Waals surface area contributed by atoms with Crippen LogP contribution in [0.4, 0.5) is 5.69 Å². The maximum absolute atomic E-state index is 10.2. The van der Waals surface area contributed by atoms with Gasteiger partial charge in [0, 0.05) is 16.7 Å². The van der Waals surface area contributed by atoms with Gasteiger partial charge in [-0.25, -0.2) is 0 Å². The highest BCUT2D eigenvalue weighted by molar-refractivity contribution is 9.10. The Labute approximate surface area is 105 Å². The summed E-state index contributed by atoms with van der Waals surface area (Å²) in [6.07, 6.45) is 4.13. The number of aryl methyl sites for hydroxylation is 1. The van der Waals surface area contributed by atoms with Crippen molar-refractivity contribution in [1.82, 2.24) is 0 Å². The largest absolute Gasteiger partial charge is 0.388 e. The Morgan fingerprint density at radius 1 is 1.38 bits per heavy atom. The lowest BCUT2D eigenvalue weighted by atomic mass is 10.0. The third-order valence-corrected chi connectivity index (χ3v) is 3.96. The van der Waals surface area contributed by atoms with E-state index < -0.39 is 5.60 Å². The van der Waals surface area contributed by atoms with E-state index in [2.05, 4.69) is 40.3 Å². The average Bonchev–Trinajstić information content (AvgIpc) is 2.67. The second kappa shape index (κ2) is 4.76. The molecule has 2 rings (SSSR count). The van der Waals surface area contributed by atoms with Crippen molar-refractivity contribution in [3.8, 4) is 0 Å². The topological polar surface area (TPSA) is 32.3 Å². The van der Waals surface area contributed by atoms with E-state index in [0.717, 1.165) is 35.8 Å². The van der Waals surface area contributed by atoms with Gasteiger partial charge in [-0.3, -0.25) is 0 Å². The number of hydrogen-bond acceptors (Lipinski definition) is 2. The summed E-state index contributed by atoms with van der Waals surface area (Å²) in [5, 5.41) is 13.6. The van der Waals surface area contributed by atoms with Crippen LogP contribution in [0.5, 0.6) is 0 Å². The molecule has 2 N–H and O–H groups in total. The van der Waals surface area contributed by atoms with Crippen molar-refractivity contribution in [3.05, 3.63) is 28.2 Å². The van der Waals surface area contributed by atoms with Crippen molar-refractivity contribution >= 4 is 21.6 Å². The minimum atomic E-state index is -0.497. The van der Waals surface area contributed by atoms with Crippen LogP contribution in [-0.4, -0.2) is 17.3 Å². The van der Waals surface area contributed by atoms with Gasteiger partial charge < -0.3 is 10.4 Å². The van der Waals surface area contributed by atoms with Crippen LogP contribution in [0.3, 0.4) is 0 Å². The zero-order valence-corrected chi connectivity index (χ0v) is 11.2. The van der Waals surface area contributed by atoms with Crippen molar-refractivity contribution < 1.29 is 5.11 Å². The lowest BCUT2D eigenvalue weighted by molar-refractivity contribution is 0.0614. The fourth-order valence-corrected chi connectivity index (χ4v) is 2.63. The Balaban J connectivity index is 2.01. The quantitative estimate of drug-likeness (QED) is 0.890. The minimum Gasteiger partial charge on any atom is -0.388 e. The highest BCUT2D eigenvalue weighted by Crippen LogP contribution is 2.31. The van der Waals surface area contributed by atoms with Gasteiger partial charge >= 0.3 is 0 Å². The number of rotatable bonds is 3. The first kappa shape index (κ1) is 11.9. The first-order valence-electron chi connectivity index (χ1n) is 5.81. The third kappa shape index (κ3) is 2.77. The van der Waals surface area contributed by atoms with E-state index >= 15 is 0 Å². The van der Waals surface area contributed by atoms with E-state index in [9.17, 15) is 5.11 Å². The van der Waals surface area contributed by atoms with E-state index in [1.165, 1.54) is 5.56 Å². The number of benzene rings is 1. The van der Waals surface area contributed by atoms with E-state index in [0.29, 0.717) is 6.54 Å². The molecule has 0 unspecified atom stereocenters. The maximum Gasteiger partial charge on any atom is 0.0819 e. The Morgan fingerprint density at radius 2 is 2.06 bits per heavy atom. The number of hydrogen-bond donors (Lipinski definition) is 2. The van der Waals surface area contributed by atoms with Crippen LogP contribution >= 0.6 is 15.9 Å². The van der Waals surface area contributed by atoms with Gasteiger partial charge in [0.2, 0.25) is 0 Å². The molecule has 0 radical (unpaired) electrons. The van der Waals surface area contributed by atoms with Crippen LogP contribution in [0, 0.1) is 6.92 Å². The number of aliphatic hydroxyl groups is 1. The normalized spacial score (nSPS) is 18.7. The molecule has 0 heterocycles. The second-order valence-electron chi connectivity index (χ2n) is 4.77. The van der Waals surface area contributed by atoms with E-state index in [4.69, 9.17) is 0 Å². The van der Waals surface area contributed by atoms with Crippen LogP contribution in [0.25, 0.3) is 0 Å². The standard InChI is InChI=1S/C13H18BrNO/c1-10-4-5-11(14)12(8-10)15-9-13(16)6-2-3-7-13/h4-5,8,15-16H,2-3,6-7,9H2,1H3. The molecule has 88 valence electrons. The molecule has 1 saturated carbocycles. The monoisotopic (exact) mass is 283 g/mol. The van der Waals surface area contributed by atoms with Crippen LogP contribution in [-0.2, 0) is 0 Å². The van der Waals surface area contributed by atoms with Crippen LogP contribution in [0.2, 0.25) is 0 Å². The molecule has 0 aromatic heterocycles. The van der Waals surface area contributed by atoms with Crippen molar-refractivity contribution in [2.75, 3.05) is 11.9 Å². The van der Waals surface area contributed by atoms with Gasteiger partial charge in [0.15, 0.2) is 0 Å². The summed E-state index contributed by atoms with van der Waals surface area (Å²) >= 11 is 3.51. The van der Waals surface area contributed by atoms with Gasteiger partial charge in [0.25, 0.3) is 0 Å². The SMILES string of the molecule is Cc1ccc(Br)c(NCC2(O)CCCC2)c1. The lowest BCUT2D eigenvalue weighted by Crippen LogP contribution is -2.33. The molecule has 1 aromatic rings. The molecule has 0 amide bonds. The van der Waals surface area contributed by atoms with E-state index in [1.807, 2.05) is 6.07 Å². The summed E-state index contributed by atoms with van der Waals surface area (Å²) in [6, 6.07) is 6.21. The van der Waals surface area contributed by atoms with Crippen molar-refractivity contribution in [3.63, 3.8) is 0 Å². The molecule has 0 atom stereocenters. The Hall–Kier alpha value is -0.540. The molecule has 1 fully saturated rings. The molecule has 3 heteroatoms. The average molecular weight is 284 g/mol. The smallest absolute Gasteiger partial charge is 0.0819 e. The van der Waals surface area contributed by atoms with Crippen molar-refractivity contribution in [2.45, 2.75) is 38.2 Å². The van der Waals surface area contributed by atoms with Crippen molar-refractivity contribution in [2.24, 2.45) is 0 Å². The zero-order chi connectivity index (χ0) is 11.6. The van der Waals surface area contributed by atoms with E-state index in [-0.39, 0.29) is 0 Å². The number of nitrogens with one attached hydrogen (secondary N) is 1. The molecule has 1 aliphatic rings. The molecule has 2 nitrogen and oxygen atoms in total. The molecule has 0 saturated heterocycles. The molecular formula is C13H18BrNO. The predicted octanol–water partition coefficient (Wildman–Crippen LogP) is 3.47. The van der Waals surface area contributed by atoms with Crippen molar-refractivity contribution in [1.29, 1.82) is 0 Å². The lowest BCUT2D eigenvalue weighted by Gasteiger charge is -2.23.